The molecule has 0 atom stereocenters. The van der Waals surface area contributed by atoms with Crippen molar-refractivity contribution in [1.82, 2.24) is 0 Å². The molecule has 0 saturated carbocycles. The fourth-order valence-corrected chi connectivity index (χ4v) is 1.42. The zero-order valence-electron chi connectivity index (χ0n) is 9.55. The lowest BCUT2D eigenvalue weighted by atomic mass is 10.1. The Balaban J connectivity index is 2.72. The van der Waals surface area contributed by atoms with Crippen molar-refractivity contribution < 1.29 is 4.74 Å². The largest absolute Gasteiger partial charge is 0.493 e. The molecule has 0 aliphatic carbocycles. The lowest BCUT2D eigenvalue weighted by Crippen LogP contribution is -2.14. The van der Waals surface area contributed by atoms with E-state index in [2.05, 4.69) is 13.0 Å². The maximum atomic E-state index is 7.10. The summed E-state index contributed by atoms with van der Waals surface area (Å²) in [5.74, 6) is 1.06. The summed E-state index contributed by atoms with van der Waals surface area (Å²) in [7, 11) is 0. The summed E-state index contributed by atoms with van der Waals surface area (Å²) >= 11 is 0. The Morgan fingerprint density at radius 2 is 2.00 bits per heavy atom. The van der Waals surface area contributed by atoms with Gasteiger partial charge in [0.05, 0.1) is 12.4 Å². The molecular formula is C12H18N2O. The molecule has 1 aromatic carbocycles. The van der Waals surface area contributed by atoms with Gasteiger partial charge < -0.3 is 10.5 Å². The van der Waals surface area contributed by atoms with Crippen LogP contribution in [0.5, 0.6) is 5.75 Å². The van der Waals surface area contributed by atoms with Crippen LogP contribution in [0.1, 0.15) is 23.1 Å². The van der Waals surface area contributed by atoms with Crippen LogP contribution in [0.3, 0.4) is 0 Å². The van der Waals surface area contributed by atoms with Crippen LogP contribution in [0, 0.1) is 26.2 Å². The number of nitrogens with two attached hydrogens (primary N) is 1. The molecule has 15 heavy (non-hydrogen) atoms. The first-order valence-electron chi connectivity index (χ1n) is 5.04. The van der Waals surface area contributed by atoms with E-state index in [-0.39, 0.29) is 5.84 Å². The minimum atomic E-state index is 0.164. The zero-order chi connectivity index (χ0) is 11.4. The van der Waals surface area contributed by atoms with E-state index in [0.29, 0.717) is 13.0 Å². The summed E-state index contributed by atoms with van der Waals surface area (Å²) < 4.78 is 5.59. The Morgan fingerprint density at radius 1 is 1.33 bits per heavy atom. The van der Waals surface area contributed by atoms with Gasteiger partial charge in [0.15, 0.2) is 0 Å². The predicted octanol–water partition coefficient (Wildman–Crippen LogP) is 2.32. The minimum absolute atomic E-state index is 0.164. The van der Waals surface area contributed by atoms with Crippen LogP contribution >= 0.6 is 0 Å². The second kappa shape index (κ2) is 4.82. The number of amidine groups is 1. The molecule has 1 aromatic rings. The van der Waals surface area contributed by atoms with Gasteiger partial charge in [-0.25, -0.2) is 0 Å². The quantitative estimate of drug-likeness (QED) is 0.586. The molecule has 0 aliphatic heterocycles. The number of hydrogen-bond acceptors (Lipinski definition) is 2. The fraction of sp³-hybridized carbons (Fsp3) is 0.417. The van der Waals surface area contributed by atoms with E-state index in [1.165, 1.54) is 11.1 Å². The van der Waals surface area contributed by atoms with Gasteiger partial charge in [0, 0.05) is 6.42 Å². The topological polar surface area (TPSA) is 59.1 Å². The van der Waals surface area contributed by atoms with Crippen molar-refractivity contribution in [3.05, 3.63) is 28.8 Å². The molecule has 82 valence electrons. The standard InChI is InChI=1S/C12H18N2O/c1-8-6-9(2)10(3)11(7-8)15-5-4-12(13)14/h6-7H,4-5H2,1-3H3,(H3,13,14). The summed E-state index contributed by atoms with van der Waals surface area (Å²) in [5, 5.41) is 7.10. The number of hydrogen-bond donors (Lipinski definition) is 2. The Morgan fingerprint density at radius 3 is 2.60 bits per heavy atom. The van der Waals surface area contributed by atoms with E-state index in [1.807, 2.05) is 19.9 Å². The summed E-state index contributed by atoms with van der Waals surface area (Å²) in [4.78, 5) is 0. The van der Waals surface area contributed by atoms with Gasteiger partial charge in [0.1, 0.15) is 5.75 Å². The van der Waals surface area contributed by atoms with Crippen LogP contribution in [0.15, 0.2) is 12.1 Å². The normalized spacial score (nSPS) is 10.1. The molecule has 0 bridgehead atoms. The van der Waals surface area contributed by atoms with Crippen molar-refractivity contribution in [2.24, 2.45) is 5.73 Å². The first-order chi connectivity index (χ1) is 7.00. The highest BCUT2D eigenvalue weighted by molar-refractivity contribution is 5.76. The second-order valence-corrected chi connectivity index (χ2v) is 3.83. The molecule has 0 spiro atoms. The summed E-state index contributed by atoms with van der Waals surface area (Å²) in [6.45, 7) is 6.63. The molecule has 0 amide bonds. The molecule has 0 heterocycles. The van der Waals surface area contributed by atoms with Crippen LogP contribution < -0.4 is 10.5 Å². The molecule has 3 heteroatoms. The third kappa shape index (κ3) is 3.27. The maximum absolute atomic E-state index is 7.10. The highest BCUT2D eigenvalue weighted by Gasteiger charge is 2.03. The van der Waals surface area contributed by atoms with E-state index < -0.39 is 0 Å². The maximum Gasteiger partial charge on any atom is 0.122 e. The minimum Gasteiger partial charge on any atom is -0.493 e. The van der Waals surface area contributed by atoms with E-state index in [1.54, 1.807) is 0 Å². The molecule has 0 unspecified atom stereocenters. The Labute approximate surface area is 90.8 Å². The van der Waals surface area contributed by atoms with Gasteiger partial charge in [0.25, 0.3) is 0 Å². The SMILES string of the molecule is Cc1cc(C)c(C)c(OCCC(=N)N)c1. The van der Waals surface area contributed by atoms with Gasteiger partial charge in [-0.2, -0.15) is 0 Å². The average molecular weight is 206 g/mol. The molecule has 0 aliphatic rings. The van der Waals surface area contributed by atoms with Crippen LogP contribution in [0.4, 0.5) is 0 Å². The lowest BCUT2D eigenvalue weighted by molar-refractivity contribution is 0.326. The third-order valence-electron chi connectivity index (χ3n) is 2.39. The predicted molar refractivity (Wildman–Crippen MR) is 62.7 cm³/mol. The molecule has 1 rings (SSSR count). The number of aryl methyl sites for hydroxylation is 2. The van der Waals surface area contributed by atoms with E-state index in [0.717, 1.165) is 11.3 Å². The van der Waals surface area contributed by atoms with Crippen molar-refractivity contribution in [2.45, 2.75) is 27.2 Å². The average Bonchev–Trinajstić information content (AvgIpc) is 2.12. The first-order valence-corrected chi connectivity index (χ1v) is 5.04. The second-order valence-electron chi connectivity index (χ2n) is 3.83. The highest BCUT2D eigenvalue weighted by atomic mass is 16.5. The Bertz CT molecular complexity index is 372. The zero-order valence-corrected chi connectivity index (χ0v) is 9.55. The van der Waals surface area contributed by atoms with Crippen molar-refractivity contribution in [1.29, 1.82) is 5.41 Å². The summed E-state index contributed by atoms with van der Waals surface area (Å²) in [6, 6.07) is 4.15. The molecule has 3 N–H and O–H groups in total. The molecule has 0 radical (unpaired) electrons. The lowest BCUT2D eigenvalue weighted by Gasteiger charge is -2.11. The smallest absolute Gasteiger partial charge is 0.122 e. The van der Waals surface area contributed by atoms with E-state index in [9.17, 15) is 0 Å². The van der Waals surface area contributed by atoms with Crippen molar-refractivity contribution in [3.63, 3.8) is 0 Å². The van der Waals surface area contributed by atoms with Gasteiger partial charge in [0.2, 0.25) is 0 Å². The Hall–Kier alpha value is -1.51. The van der Waals surface area contributed by atoms with Crippen molar-refractivity contribution in [2.75, 3.05) is 6.61 Å². The molecule has 0 aromatic heterocycles. The molecule has 3 nitrogen and oxygen atoms in total. The monoisotopic (exact) mass is 206 g/mol. The molecule has 0 saturated heterocycles. The van der Waals surface area contributed by atoms with Gasteiger partial charge >= 0.3 is 0 Å². The first kappa shape index (κ1) is 11.6. The van der Waals surface area contributed by atoms with Crippen molar-refractivity contribution in [3.8, 4) is 5.75 Å². The number of ether oxygens (including phenoxy) is 1. The number of rotatable bonds is 4. The van der Waals surface area contributed by atoms with E-state index in [4.69, 9.17) is 15.9 Å². The molecule has 0 fully saturated rings. The highest BCUT2D eigenvalue weighted by Crippen LogP contribution is 2.23. The fourth-order valence-electron chi connectivity index (χ4n) is 1.42. The van der Waals surface area contributed by atoms with Crippen LogP contribution in [0.2, 0.25) is 0 Å². The van der Waals surface area contributed by atoms with Crippen LogP contribution in [0.25, 0.3) is 0 Å². The van der Waals surface area contributed by atoms with E-state index >= 15 is 0 Å². The van der Waals surface area contributed by atoms with Crippen LogP contribution in [-0.2, 0) is 0 Å². The van der Waals surface area contributed by atoms with Gasteiger partial charge in [-0.15, -0.1) is 0 Å². The summed E-state index contributed by atoms with van der Waals surface area (Å²) in [6.07, 6.45) is 0.479. The number of benzene rings is 1. The Kier molecular flexibility index (Phi) is 3.72. The third-order valence-corrected chi connectivity index (χ3v) is 2.39. The number of nitrogens with one attached hydrogen (secondary N) is 1. The van der Waals surface area contributed by atoms with Crippen molar-refractivity contribution >= 4 is 5.84 Å². The van der Waals surface area contributed by atoms with Crippen LogP contribution in [-0.4, -0.2) is 12.4 Å². The van der Waals surface area contributed by atoms with Gasteiger partial charge in [-0.05, 0) is 43.5 Å². The summed E-state index contributed by atoms with van der Waals surface area (Å²) in [5.41, 5.74) is 8.83. The van der Waals surface area contributed by atoms with Gasteiger partial charge in [-0.1, -0.05) is 6.07 Å². The van der Waals surface area contributed by atoms with Gasteiger partial charge in [-0.3, -0.25) is 5.41 Å². The molecular weight excluding hydrogens is 188 g/mol.